The SMILES string of the molecule is CCOC(=O)CC=Cc1ccc(Cl)cc1C#N. The number of ether oxygens (including phenoxy) is 1. The van der Waals surface area contributed by atoms with Crippen molar-refractivity contribution in [3.05, 3.63) is 40.4 Å². The van der Waals surface area contributed by atoms with E-state index >= 15 is 0 Å². The molecule has 0 spiro atoms. The molecule has 0 saturated carbocycles. The molecule has 0 saturated heterocycles. The zero-order valence-electron chi connectivity index (χ0n) is 9.44. The van der Waals surface area contributed by atoms with Gasteiger partial charge in [0.05, 0.1) is 24.7 Å². The average molecular weight is 250 g/mol. The van der Waals surface area contributed by atoms with E-state index in [4.69, 9.17) is 21.6 Å². The molecule has 0 radical (unpaired) electrons. The predicted octanol–water partition coefficient (Wildman–Crippen LogP) is 3.18. The van der Waals surface area contributed by atoms with Crippen molar-refractivity contribution in [2.45, 2.75) is 13.3 Å². The molecular formula is C13H12ClNO2. The molecule has 88 valence electrons. The van der Waals surface area contributed by atoms with Crippen LogP contribution in [-0.4, -0.2) is 12.6 Å². The summed E-state index contributed by atoms with van der Waals surface area (Å²) < 4.78 is 4.78. The summed E-state index contributed by atoms with van der Waals surface area (Å²) in [5.41, 5.74) is 1.22. The standard InChI is InChI=1S/C13H12ClNO2/c1-2-17-13(16)5-3-4-10-6-7-12(14)8-11(10)9-15/h3-4,6-8H,2,5H2,1H3. The van der Waals surface area contributed by atoms with Crippen LogP contribution in [-0.2, 0) is 9.53 Å². The Balaban J connectivity index is 2.72. The van der Waals surface area contributed by atoms with Crippen molar-refractivity contribution < 1.29 is 9.53 Å². The van der Waals surface area contributed by atoms with Gasteiger partial charge in [-0.1, -0.05) is 29.8 Å². The minimum Gasteiger partial charge on any atom is -0.466 e. The van der Waals surface area contributed by atoms with Crippen LogP contribution in [0.4, 0.5) is 0 Å². The second-order valence-electron chi connectivity index (χ2n) is 3.25. The molecule has 1 aromatic rings. The van der Waals surface area contributed by atoms with Gasteiger partial charge in [0.1, 0.15) is 0 Å². The van der Waals surface area contributed by atoms with Crippen LogP contribution in [0, 0.1) is 11.3 Å². The minimum atomic E-state index is -0.281. The minimum absolute atomic E-state index is 0.196. The van der Waals surface area contributed by atoms with Crippen LogP contribution in [0.15, 0.2) is 24.3 Å². The number of nitrogens with zero attached hydrogens (tertiary/aromatic N) is 1. The van der Waals surface area contributed by atoms with Crippen LogP contribution in [0.5, 0.6) is 0 Å². The monoisotopic (exact) mass is 249 g/mol. The van der Waals surface area contributed by atoms with Crippen molar-refractivity contribution in [1.82, 2.24) is 0 Å². The topological polar surface area (TPSA) is 50.1 Å². The van der Waals surface area contributed by atoms with E-state index < -0.39 is 0 Å². The summed E-state index contributed by atoms with van der Waals surface area (Å²) in [6.45, 7) is 2.13. The Kier molecular flexibility index (Phi) is 5.25. The lowest BCUT2D eigenvalue weighted by molar-refractivity contribution is -0.142. The largest absolute Gasteiger partial charge is 0.466 e. The lowest BCUT2D eigenvalue weighted by atomic mass is 10.1. The molecule has 0 amide bonds. The highest BCUT2D eigenvalue weighted by atomic mass is 35.5. The Morgan fingerprint density at radius 2 is 2.35 bits per heavy atom. The first-order valence-electron chi connectivity index (χ1n) is 5.19. The van der Waals surface area contributed by atoms with Crippen LogP contribution < -0.4 is 0 Å². The molecule has 0 aromatic heterocycles. The summed E-state index contributed by atoms with van der Waals surface area (Å²) in [4.78, 5) is 11.1. The van der Waals surface area contributed by atoms with Gasteiger partial charge in [0.25, 0.3) is 0 Å². The van der Waals surface area contributed by atoms with E-state index in [1.807, 2.05) is 6.07 Å². The summed E-state index contributed by atoms with van der Waals surface area (Å²) in [5, 5.41) is 9.42. The summed E-state index contributed by atoms with van der Waals surface area (Å²) in [6.07, 6.45) is 3.58. The Morgan fingerprint density at radius 1 is 1.59 bits per heavy atom. The maximum absolute atomic E-state index is 11.1. The summed E-state index contributed by atoms with van der Waals surface area (Å²) in [7, 11) is 0. The highest BCUT2D eigenvalue weighted by Crippen LogP contribution is 2.16. The maximum Gasteiger partial charge on any atom is 0.309 e. The van der Waals surface area contributed by atoms with Crippen molar-refractivity contribution in [1.29, 1.82) is 5.26 Å². The van der Waals surface area contributed by atoms with E-state index in [1.54, 1.807) is 37.3 Å². The Hall–Kier alpha value is -1.79. The van der Waals surface area contributed by atoms with Gasteiger partial charge in [-0.2, -0.15) is 5.26 Å². The summed E-state index contributed by atoms with van der Waals surface area (Å²) in [5.74, 6) is -0.281. The van der Waals surface area contributed by atoms with Crippen LogP contribution >= 0.6 is 11.6 Å². The molecule has 0 fully saturated rings. The average Bonchev–Trinajstić information content (AvgIpc) is 2.31. The van der Waals surface area contributed by atoms with Gasteiger partial charge in [-0.25, -0.2) is 0 Å². The van der Waals surface area contributed by atoms with Crippen molar-refractivity contribution in [3.8, 4) is 6.07 Å². The van der Waals surface area contributed by atoms with Gasteiger partial charge in [-0.15, -0.1) is 0 Å². The van der Waals surface area contributed by atoms with Gasteiger partial charge in [-0.05, 0) is 24.6 Å². The van der Waals surface area contributed by atoms with Gasteiger partial charge in [0.15, 0.2) is 0 Å². The molecule has 0 unspecified atom stereocenters. The van der Waals surface area contributed by atoms with E-state index in [2.05, 4.69) is 0 Å². The summed E-state index contributed by atoms with van der Waals surface area (Å²) in [6, 6.07) is 7.08. The highest BCUT2D eigenvalue weighted by molar-refractivity contribution is 6.30. The van der Waals surface area contributed by atoms with E-state index in [1.165, 1.54) is 0 Å². The Labute approximate surface area is 105 Å². The molecule has 1 aromatic carbocycles. The molecule has 0 atom stereocenters. The molecular weight excluding hydrogens is 238 g/mol. The Bertz CT molecular complexity index is 475. The van der Waals surface area contributed by atoms with E-state index in [0.29, 0.717) is 17.2 Å². The number of esters is 1. The van der Waals surface area contributed by atoms with Gasteiger partial charge in [0, 0.05) is 5.02 Å². The van der Waals surface area contributed by atoms with Crippen LogP contribution in [0.3, 0.4) is 0 Å². The first kappa shape index (κ1) is 13.3. The second kappa shape index (κ2) is 6.72. The zero-order valence-corrected chi connectivity index (χ0v) is 10.2. The predicted molar refractivity (Wildman–Crippen MR) is 66.5 cm³/mol. The molecule has 0 bridgehead atoms. The molecule has 0 aliphatic rings. The van der Waals surface area contributed by atoms with Crippen molar-refractivity contribution in [2.24, 2.45) is 0 Å². The third-order valence-corrected chi connectivity index (χ3v) is 2.26. The zero-order chi connectivity index (χ0) is 12.7. The molecule has 0 aliphatic carbocycles. The van der Waals surface area contributed by atoms with E-state index in [0.717, 1.165) is 5.56 Å². The molecule has 0 heterocycles. The van der Waals surface area contributed by atoms with Gasteiger partial charge >= 0.3 is 5.97 Å². The van der Waals surface area contributed by atoms with Crippen molar-refractivity contribution >= 4 is 23.6 Å². The van der Waals surface area contributed by atoms with Crippen LogP contribution in [0.2, 0.25) is 5.02 Å². The molecule has 1 rings (SSSR count). The molecule has 4 heteroatoms. The maximum atomic E-state index is 11.1. The third-order valence-electron chi connectivity index (χ3n) is 2.02. The lowest BCUT2D eigenvalue weighted by Crippen LogP contribution is -2.01. The van der Waals surface area contributed by atoms with Gasteiger partial charge in [0.2, 0.25) is 0 Å². The van der Waals surface area contributed by atoms with Crippen molar-refractivity contribution in [2.75, 3.05) is 6.61 Å². The number of carbonyl (C=O) groups is 1. The van der Waals surface area contributed by atoms with Crippen LogP contribution in [0.25, 0.3) is 6.08 Å². The van der Waals surface area contributed by atoms with Crippen molar-refractivity contribution in [3.63, 3.8) is 0 Å². The third kappa shape index (κ3) is 4.29. The molecule has 17 heavy (non-hydrogen) atoms. The summed E-state index contributed by atoms with van der Waals surface area (Å²) >= 11 is 5.77. The smallest absolute Gasteiger partial charge is 0.309 e. The van der Waals surface area contributed by atoms with Crippen LogP contribution in [0.1, 0.15) is 24.5 Å². The second-order valence-corrected chi connectivity index (χ2v) is 3.69. The Morgan fingerprint density at radius 3 is 3.00 bits per heavy atom. The fourth-order valence-corrected chi connectivity index (χ4v) is 1.44. The fourth-order valence-electron chi connectivity index (χ4n) is 1.27. The lowest BCUT2D eigenvalue weighted by Gasteiger charge is -1.99. The highest BCUT2D eigenvalue weighted by Gasteiger charge is 2.00. The quantitative estimate of drug-likeness (QED) is 0.770. The number of carbonyl (C=O) groups excluding carboxylic acids is 1. The number of benzene rings is 1. The number of hydrogen-bond acceptors (Lipinski definition) is 3. The fraction of sp³-hybridized carbons (Fsp3) is 0.231. The molecule has 0 N–H and O–H groups in total. The first-order valence-corrected chi connectivity index (χ1v) is 5.57. The van der Waals surface area contributed by atoms with Gasteiger partial charge in [-0.3, -0.25) is 4.79 Å². The van der Waals surface area contributed by atoms with E-state index in [-0.39, 0.29) is 12.4 Å². The first-order chi connectivity index (χ1) is 8.17. The molecule has 0 aliphatic heterocycles. The molecule has 3 nitrogen and oxygen atoms in total. The van der Waals surface area contributed by atoms with Gasteiger partial charge < -0.3 is 4.74 Å². The van der Waals surface area contributed by atoms with E-state index in [9.17, 15) is 4.79 Å². The normalized spacial score (nSPS) is 10.2. The number of hydrogen-bond donors (Lipinski definition) is 0. The number of rotatable bonds is 4. The number of halogens is 1. The number of nitriles is 1.